The maximum Gasteiger partial charge on any atom is 0.0715 e. The van der Waals surface area contributed by atoms with Gasteiger partial charge in [0.1, 0.15) is 0 Å². The van der Waals surface area contributed by atoms with Crippen LogP contribution in [0.25, 0.3) is 5.69 Å². The van der Waals surface area contributed by atoms with Crippen LogP contribution in [0.4, 0.5) is 0 Å². The molecule has 1 aromatic carbocycles. The molecule has 0 spiro atoms. The first-order valence-corrected chi connectivity index (χ1v) is 6.07. The Morgan fingerprint density at radius 3 is 2.67 bits per heavy atom. The SMILES string of the molecule is CC(C)(O)CNCc1cnn(-c2ccccc2)c1. The number of aliphatic hydroxyl groups is 1. The Labute approximate surface area is 107 Å². The number of benzene rings is 1. The number of rotatable bonds is 5. The first-order chi connectivity index (χ1) is 8.54. The van der Waals surface area contributed by atoms with Crippen LogP contribution < -0.4 is 5.32 Å². The second-order valence-corrected chi connectivity index (χ2v) is 5.04. The predicted octanol–water partition coefficient (Wildman–Crippen LogP) is 1.73. The fraction of sp³-hybridized carbons (Fsp3) is 0.357. The summed E-state index contributed by atoms with van der Waals surface area (Å²) in [6, 6.07) is 9.99. The number of hydrogen-bond donors (Lipinski definition) is 2. The molecule has 0 bridgehead atoms. The van der Waals surface area contributed by atoms with Crippen molar-refractivity contribution in [3.8, 4) is 5.69 Å². The van der Waals surface area contributed by atoms with Gasteiger partial charge in [-0.2, -0.15) is 5.10 Å². The van der Waals surface area contributed by atoms with Crippen molar-refractivity contribution < 1.29 is 5.11 Å². The van der Waals surface area contributed by atoms with E-state index in [1.54, 1.807) is 13.8 Å². The molecule has 0 aliphatic carbocycles. The Kier molecular flexibility index (Phi) is 3.79. The lowest BCUT2D eigenvalue weighted by Gasteiger charge is -2.17. The summed E-state index contributed by atoms with van der Waals surface area (Å²) in [5.74, 6) is 0. The van der Waals surface area contributed by atoms with Gasteiger partial charge in [0.05, 0.1) is 17.5 Å². The zero-order valence-electron chi connectivity index (χ0n) is 10.8. The van der Waals surface area contributed by atoms with Gasteiger partial charge in [0.25, 0.3) is 0 Å². The van der Waals surface area contributed by atoms with E-state index in [0.29, 0.717) is 13.1 Å². The van der Waals surface area contributed by atoms with Crippen LogP contribution in [-0.4, -0.2) is 27.0 Å². The minimum Gasteiger partial charge on any atom is -0.389 e. The van der Waals surface area contributed by atoms with Gasteiger partial charge in [0, 0.05) is 24.8 Å². The van der Waals surface area contributed by atoms with Crippen molar-refractivity contribution in [3.05, 3.63) is 48.3 Å². The standard InChI is InChI=1S/C14H19N3O/c1-14(2,18)11-15-8-12-9-16-17(10-12)13-6-4-3-5-7-13/h3-7,9-10,15,18H,8,11H2,1-2H3. The van der Waals surface area contributed by atoms with E-state index >= 15 is 0 Å². The largest absolute Gasteiger partial charge is 0.389 e. The van der Waals surface area contributed by atoms with Crippen molar-refractivity contribution in [1.29, 1.82) is 0 Å². The van der Waals surface area contributed by atoms with Crippen molar-refractivity contribution in [2.75, 3.05) is 6.54 Å². The Balaban J connectivity index is 1.95. The smallest absolute Gasteiger partial charge is 0.0715 e. The van der Waals surface area contributed by atoms with E-state index in [4.69, 9.17) is 0 Å². The molecule has 0 aliphatic heterocycles. The number of aromatic nitrogens is 2. The number of nitrogens with zero attached hydrogens (tertiary/aromatic N) is 2. The van der Waals surface area contributed by atoms with Crippen molar-refractivity contribution in [2.45, 2.75) is 26.0 Å². The lowest BCUT2D eigenvalue weighted by Crippen LogP contribution is -2.34. The molecular weight excluding hydrogens is 226 g/mol. The number of nitrogens with one attached hydrogen (secondary N) is 1. The Morgan fingerprint density at radius 2 is 2.00 bits per heavy atom. The van der Waals surface area contributed by atoms with E-state index in [1.165, 1.54) is 0 Å². The van der Waals surface area contributed by atoms with Gasteiger partial charge >= 0.3 is 0 Å². The van der Waals surface area contributed by atoms with Crippen LogP contribution in [0.3, 0.4) is 0 Å². The van der Waals surface area contributed by atoms with Crippen molar-refractivity contribution in [1.82, 2.24) is 15.1 Å². The molecule has 2 aromatic rings. The second-order valence-electron chi connectivity index (χ2n) is 5.04. The quantitative estimate of drug-likeness (QED) is 0.843. The average molecular weight is 245 g/mol. The Bertz CT molecular complexity index is 485. The highest BCUT2D eigenvalue weighted by molar-refractivity contribution is 5.30. The molecule has 2 rings (SSSR count). The monoisotopic (exact) mass is 245 g/mol. The molecule has 0 aliphatic rings. The molecule has 2 N–H and O–H groups in total. The third kappa shape index (κ3) is 3.68. The number of para-hydroxylation sites is 1. The number of hydrogen-bond acceptors (Lipinski definition) is 3. The minimum absolute atomic E-state index is 0.559. The molecule has 0 radical (unpaired) electrons. The summed E-state index contributed by atoms with van der Waals surface area (Å²) in [7, 11) is 0. The van der Waals surface area contributed by atoms with Crippen molar-refractivity contribution >= 4 is 0 Å². The summed E-state index contributed by atoms with van der Waals surface area (Å²) in [6.07, 6.45) is 3.83. The van der Waals surface area contributed by atoms with Crippen molar-refractivity contribution in [3.63, 3.8) is 0 Å². The summed E-state index contributed by atoms with van der Waals surface area (Å²) in [4.78, 5) is 0. The average Bonchev–Trinajstić information content (AvgIpc) is 2.77. The maximum absolute atomic E-state index is 9.60. The third-order valence-corrected chi connectivity index (χ3v) is 2.54. The summed E-state index contributed by atoms with van der Waals surface area (Å²) in [5, 5.41) is 17.1. The molecule has 1 heterocycles. The molecule has 0 fully saturated rings. The Morgan fingerprint density at radius 1 is 1.28 bits per heavy atom. The van der Waals surface area contributed by atoms with Gasteiger partial charge in [-0.1, -0.05) is 18.2 Å². The van der Waals surface area contributed by atoms with E-state index in [0.717, 1.165) is 11.3 Å². The first kappa shape index (κ1) is 12.8. The molecule has 0 amide bonds. The normalized spacial score (nSPS) is 11.7. The fourth-order valence-corrected chi connectivity index (χ4v) is 1.69. The first-order valence-electron chi connectivity index (χ1n) is 6.07. The molecule has 0 unspecified atom stereocenters. The molecule has 4 nitrogen and oxygen atoms in total. The second kappa shape index (κ2) is 5.33. The molecule has 0 saturated carbocycles. The third-order valence-electron chi connectivity index (χ3n) is 2.54. The van der Waals surface area contributed by atoms with E-state index in [9.17, 15) is 5.11 Å². The van der Waals surface area contributed by atoms with Crippen LogP contribution in [0.15, 0.2) is 42.7 Å². The summed E-state index contributed by atoms with van der Waals surface area (Å²) in [5.41, 5.74) is 1.46. The summed E-state index contributed by atoms with van der Waals surface area (Å²) in [6.45, 7) is 4.83. The lowest BCUT2D eigenvalue weighted by atomic mass is 10.1. The minimum atomic E-state index is -0.685. The van der Waals surface area contributed by atoms with Gasteiger partial charge in [-0.25, -0.2) is 4.68 Å². The summed E-state index contributed by atoms with van der Waals surface area (Å²) < 4.78 is 1.85. The van der Waals surface area contributed by atoms with Crippen LogP contribution in [0, 0.1) is 0 Å². The fourth-order valence-electron chi connectivity index (χ4n) is 1.69. The van der Waals surface area contributed by atoms with Crippen LogP contribution in [0.1, 0.15) is 19.4 Å². The van der Waals surface area contributed by atoms with Crippen LogP contribution >= 0.6 is 0 Å². The maximum atomic E-state index is 9.60. The highest BCUT2D eigenvalue weighted by Crippen LogP contribution is 2.07. The van der Waals surface area contributed by atoms with Crippen molar-refractivity contribution in [2.24, 2.45) is 0 Å². The molecule has 1 aromatic heterocycles. The highest BCUT2D eigenvalue weighted by Gasteiger charge is 2.11. The lowest BCUT2D eigenvalue weighted by molar-refractivity contribution is 0.0795. The van der Waals surface area contributed by atoms with Gasteiger partial charge in [-0.15, -0.1) is 0 Å². The highest BCUT2D eigenvalue weighted by atomic mass is 16.3. The van der Waals surface area contributed by atoms with E-state index in [2.05, 4.69) is 10.4 Å². The zero-order chi connectivity index (χ0) is 13.0. The van der Waals surface area contributed by atoms with Gasteiger partial charge in [0.15, 0.2) is 0 Å². The summed E-state index contributed by atoms with van der Waals surface area (Å²) >= 11 is 0. The molecule has 0 saturated heterocycles. The molecule has 18 heavy (non-hydrogen) atoms. The van der Waals surface area contributed by atoms with E-state index < -0.39 is 5.60 Å². The predicted molar refractivity (Wildman–Crippen MR) is 71.6 cm³/mol. The molecule has 96 valence electrons. The molecule has 0 atom stereocenters. The topological polar surface area (TPSA) is 50.1 Å². The van der Waals surface area contributed by atoms with Gasteiger partial charge < -0.3 is 10.4 Å². The zero-order valence-corrected chi connectivity index (χ0v) is 10.8. The van der Waals surface area contributed by atoms with Crippen LogP contribution in [0.2, 0.25) is 0 Å². The van der Waals surface area contributed by atoms with E-state index in [-0.39, 0.29) is 0 Å². The van der Waals surface area contributed by atoms with Gasteiger partial charge in [-0.3, -0.25) is 0 Å². The Hall–Kier alpha value is -1.65. The van der Waals surface area contributed by atoms with Gasteiger partial charge in [0.2, 0.25) is 0 Å². The molecule has 4 heteroatoms. The molecular formula is C14H19N3O. The van der Waals surface area contributed by atoms with Crippen LogP contribution in [0.5, 0.6) is 0 Å². The van der Waals surface area contributed by atoms with Gasteiger partial charge in [-0.05, 0) is 26.0 Å². The van der Waals surface area contributed by atoms with Crippen LogP contribution in [-0.2, 0) is 6.54 Å². The van der Waals surface area contributed by atoms with E-state index in [1.807, 2.05) is 47.4 Å².